The Morgan fingerprint density at radius 2 is 2.10 bits per heavy atom. The first-order valence-corrected chi connectivity index (χ1v) is 7.48. The largest absolute Gasteiger partial charge is 0.374 e. The quantitative estimate of drug-likeness (QED) is 0.902. The van der Waals surface area contributed by atoms with E-state index in [0.717, 1.165) is 18.7 Å². The Balaban J connectivity index is 2.03. The van der Waals surface area contributed by atoms with Gasteiger partial charge in [0.05, 0.1) is 12.7 Å². The summed E-state index contributed by atoms with van der Waals surface area (Å²) in [7, 11) is 1.88. The van der Waals surface area contributed by atoms with Crippen LogP contribution in [0.15, 0.2) is 18.2 Å². The van der Waals surface area contributed by atoms with Crippen molar-refractivity contribution in [3.63, 3.8) is 0 Å². The van der Waals surface area contributed by atoms with Crippen molar-refractivity contribution in [1.29, 1.82) is 0 Å². The first kappa shape index (κ1) is 16.3. The maximum atomic E-state index is 13.3. The third-order valence-corrected chi connectivity index (χ3v) is 4.11. The Labute approximate surface area is 125 Å². The zero-order valence-corrected chi connectivity index (χ0v) is 12.9. The van der Waals surface area contributed by atoms with Gasteiger partial charge in [-0.25, -0.2) is 8.78 Å². The number of hydrogen-bond acceptors (Lipinski definition) is 3. The molecule has 0 aromatic heterocycles. The van der Waals surface area contributed by atoms with Gasteiger partial charge in [-0.05, 0) is 45.0 Å². The molecule has 1 N–H and O–H groups in total. The van der Waals surface area contributed by atoms with Gasteiger partial charge in [-0.1, -0.05) is 6.07 Å². The van der Waals surface area contributed by atoms with Crippen molar-refractivity contribution < 1.29 is 13.5 Å². The van der Waals surface area contributed by atoms with E-state index in [2.05, 4.69) is 24.1 Å². The van der Waals surface area contributed by atoms with Gasteiger partial charge < -0.3 is 10.1 Å². The average Bonchev–Trinajstić information content (AvgIpc) is 2.48. The van der Waals surface area contributed by atoms with E-state index in [1.807, 2.05) is 7.05 Å². The fraction of sp³-hybridized carbons (Fsp3) is 0.625. The number of ether oxygens (including phenoxy) is 1. The standard InChI is InChI=1S/C16H24F2N2O/c1-11(2)20-6-7-21-16(10-20)15(19-3)9-12-4-5-13(17)14(18)8-12/h4-5,8,11,15-16,19H,6-7,9-10H2,1-3H3. The Kier molecular flexibility index (Phi) is 5.67. The van der Waals surface area contributed by atoms with Crippen LogP contribution in [0.25, 0.3) is 0 Å². The third kappa shape index (κ3) is 4.22. The lowest BCUT2D eigenvalue weighted by atomic mass is 9.99. The highest BCUT2D eigenvalue weighted by Gasteiger charge is 2.28. The van der Waals surface area contributed by atoms with Gasteiger partial charge in [-0.15, -0.1) is 0 Å². The van der Waals surface area contributed by atoms with Gasteiger partial charge in [0.2, 0.25) is 0 Å². The summed E-state index contributed by atoms with van der Waals surface area (Å²) in [6, 6.07) is 4.64. The Hall–Kier alpha value is -1.04. The molecule has 1 heterocycles. The summed E-state index contributed by atoms with van der Waals surface area (Å²) < 4.78 is 32.2. The maximum absolute atomic E-state index is 13.3. The molecule has 118 valence electrons. The minimum Gasteiger partial charge on any atom is -0.374 e. The smallest absolute Gasteiger partial charge is 0.159 e. The molecule has 0 spiro atoms. The molecule has 5 heteroatoms. The Morgan fingerprint density at radius 3 is 2.71 bits per heavy atom. The van der Waals surface area contributed by atoms with Crippen LogP contribution < -0.4 is 5.32 Å². The summed E-state index contributed by atoms with van der Waals surface area (Å²) in [4.78, 5) is 2.38. The van der Waals surface area contributed by atoms with Gasteiger partial charge in [0, 0.05) is 25.2 Å². The molecule has 2 rings (SSSR count). The summed E-state index contributed by atoms with van der Waals surface area (Å²) in [6.45, 7) is 6.85. The second-order valence-corrected chi connectivity index (χ2v) is 5.85. The van der Waals surface area contributed by atoms with Crippen LogP contribution in [-0.2, 0) is 11.2 Å². The summed E-state index contributed by atoms with van der Waals surface area (Å²) in [5.74, 6) is -1.60. The summed E-state index contributed by atoms with van der Waals surface area (Å²) >= 11 is 0. The molecule has 1 saturated heterocycles. The van der Waals surface area contributed by atoms with Crippen molar-refractivity contribution in [3.05, 3.63) is 35.4 Å². The molecule has 0 aliphatic carbocycles. The van der Waals surface area contributed by atoms with Crippen LogP contribution >= 0.6 is 0 Å². The highest BCUT2D eigenvalue weighted by molar-refractivity contribution is 5.19. The minimum atomic E-state index is -0.806. The molecular formula is C16H24F2N2O. The van der Waals surface area contributed by atoms with Crippen LogP contribution in [0, 0.1) is 11.6 Å². The molecule has 2 unspecified atom stereocenters. The number of hydrogen-bond donors (Lipinski definition) is 1. The van der Waals surface area contributed by atoms with E-state index < -0.39 is 11.6 Å². The fourth-order valence-electron chi connectivity index (χ4n) is 2.75. The van der Waals surface area contributed by atoms with Crippen LogP contribution in [0.3, 0.4) is 0 Å². The number of likely N-dealkylation sites (N-methyl/N-ethyl adjacent to an activating group) is 1. The predicted octanol–water partition coefficient (Wildman–Crippen LogP) is 2.20. The zero-order chi connectivity index (χ0) is 15.4. The molecule has 0 saturated carbocycles. The average molecular weight is 298 g/mol. The molecule has 1 fully saturated rings. The van der Waals surface area contributed by atoms with Crippen molar-refractivity contribution in [2.45, 2.75) is 38.5 Å². The lowest BCUT2D eigenvalue weighted by Gasteiger charge is -2.39. The number of halogens is 2. The van der Waals surface area contributed by atoms with Gasteiger partial charge in [0.1, 0.15) is 0 Å². The first-order valence-electron chi connectivity index (χ1n) is 7.48. The van der Waals surface area contributed by atoms with Gasteiger partial charge in [-0.3, -0.25) is 4.90 Å². The minimum absolute atomic E-state index is 0.0549. The van der Waals surface area contributed by atoms with Crippen molar-refractivity contribution in [2.75, 3.05) is 26.7 Å². The molecule has 3 nitrogen and oxygen atoms in total. The maximum Gasteiger partial charge on any atom is 0.159 e. The predicted molar refractivity (Wildman–Crippen MR) is 79.4 cm³/mol. The van der Waals surface area contributed by atoms with Crippen LogP contribution in [0.1, 0.15) is 19.4 Å². The summed E-state index contributed by atoms with van der Waals surface area (Å²) in [5.41, 5.74) is 0.776. The van der Waals surface area contributed by atoms with Crippen molar-refractivity contribution in [2.24, 2.45) is 0 Å². The second kappa shape index (κ2) is 7.29. The van der Waals surface area contributed by atoms with Crippen LogP contribution in [0.4, 0.5) is 8.78 Å². The molecular weight excluding hydrogens is 274 g/mol. The van der Waals surface area contributed by atoms with E-state index in [9.17, 15) is 8.78 Å². The van der Waals surface area contributed by atoms with Crippen LogP contribution in [0.2, 0.25) is 0 Å². The lowest BCUT2D eigenvalue weighted by Crippen LogP contribution is -2.53. The van der Waals surface area contributed by atoms with Gasteiger partial charge >= 0.3 is 0 Å². The molecule has 1 aromatic carbocycles. The molecule has 1 aliphatic rings. The Morgan fingerprint density at radius 1 is 1.33 bits per heavy atom. The molecule has 0 radical (unpaired) electrons. The number of nitrogens with zero attached hydrogens (tertiary/aromatic N) is 1. The number of morpholine rings is 1. The summed E-state index contributed by atoms with van der Waals surface area (Å²) in [5, 5.41) is 3.25. The van der Waals surface area contributed by atoms with Crippen molar-refractivity contribution in [3.8, 4) is 0 Å². The highest BCUT2D eigenvalue weighted by atomic mass is 19.2. The van der Waals surface area contributed by atoms with E-state index in [4.69, 9.17) is 4.74 Å². The van der Waals surface area contributed by atoms with E-state index >= 15 is 0 Å². The fourth-order valence-corrected chi connectivity index (χ4v) is 2.75. The SMILES string of the molecule is CNC(Cc1ccc(F)c(F)c1)C1CN(C(C)C)CCO1. The van der Waals surface area contributed by atoms with Gasteiger partial charge in [0.15, 0.2) is 11.6 Å². The van der Waals surface area contributed by atoms with Crippen LogP contribution in [-0.4, -0.2) is 49.8 Å². The normalized spacial score (nSPS) is 21.7. The molecule has 0 amide bonds. The van der Waals surface area contributed by atoms with Gasteiger partial charge in [-0.2, -0.15) is 0 Å². The van der Waals surface area contributed by atoms with Crippen LogP contribution in [0.5, 0.6) is 0 Å². The topological polar surface area (TPSA) is 24.5 Å². The van der Waals surface area contributed by atoms with Crippen molar-refractivity contribution >= 4 is 0 Å². The van der Waals surface area contributed by atoms with E-state index in [1.54, 1.807) is 6.07 Å². The first-order chi connectivity index (χ1) is 10.0. The van der Waals surface area contributed by atoms with Crippen molar-refractivity contribution in [1.82, 2.24) is 10.2 Å². The van der Waals surface area contributed by atoms with E-state index in [0.29, 0.717) is 19.1 Å². The number of rotatable bonds is 5. The number of benzene rings is 1. The molecule has 0 bridgehead atoms. The second-order valence-electron chi connectivity index (χ2n) is 5.85. The Bertz CT molecular complexity index is 468. The molecule has 1 aromatic rings. The molecule has 21 heavy (non-hydrogen) atoms. The summed E-state index contributed by atoms with van der Waals surface area (Å²) in [6.07, 6.45) is 0.670. The van der Waals surface area contributed by atoms with Gasteiger partial charge in [0.25, 0.3) is 0 Å². The van der Waals surface area contributed by atoms with E-state index in [-0.39, 0.29) is 12.1 Å². The monoisotopic (exact) mass is 298 g/mol. The molecule has 2 atom stereocenters. The lowest BCUT2D eigenvalue weighted by molar-refractivity contribution is -0.0541. The zero-order valence-electron chi connectivity index (χ0n) is 12.9. The highest BCUT2D eigenvalue weighted by Crippen LogP contribution is 2.16. The number of nitrogens with one attached hydrogen (secondary N) is 1. The molecule has 1 aliphatic heterocycles. The van der Waals surface area contributed by atoms with E-state index in [1.165, 1.54) is 12.1 Å². The third-order valence-electron chi connectivity index (χ3n) is 4.11.